The molecule has 0 saturated heterocycles. The van der Waals surface area contributed by atoms with Gasteiger partial charge in [0.15, 0.2) is 5.78 Å². The average Bonchev–Trinajstić information content (AvgIpc) is 2.78. The van der Waals surface area contributed by atoms with Gasteiger partial charge >= 0.3 is 6.18 Å². The minimum atomic E-state index is -4.83. The predicted octanol–water partition coefficient (Wildman–Crippen LogP) is 3.63. The van der Waals surface area contributed by atoms with Crippen LogP contribution < -0.4 is 5.32 Å². The predicted molar refractivity (Wildman–Crippen MR) is 110 cm³/mol. The molecule has 0 saturated carbocycles. The summed E-state index contributed by atoms with van der Waals surface area (Å²) in [5.41, 5.74) is -2.05. The molecular formula is C23H21F3N4O2. The van der Waals surface area contributed by atoms with Gasteiger partial charge in [0, 0.05) is 25.6 Å². The van der Waals surface area contributed by atoms with Crippen LogP contribution in [0.3, 0.4) is 0 Å². The Morgan fingerprint density at radius 1 is 1.22 bits per heavy atom. The van der Waals surface area contributed by atoms with Crippen LogP contribution in [0.1, 0.15) is 42.5 Å². The van der Waals surface area contributed by atoms with Crippen molar-refractivity contribution in [3.8, 4) is 6.07 Å². The fraction of sp³-hybridized carbons (Fsp3) is 0.304. The second kappa shape index (κ2) is 8.46. The maximum absolute atomic E-state index is 14.7. The van der Waals surface area contributed by atoms with Crippen LogP contribution in [0.25, 0.3) is 0 Å². The normalized spacial score (nSPS) is 22.0. The molecule has 1 aromatic heterocycles. The van der Waals surface area contributed by atoms with Crippen molar-refractivity contribution in [1.82, 2.24) is 15.2 Å². The van der Waals surface area contributed by atoms with Gasteiger partial charge < -0.3 is 10.2 Å². The van der Waals surface area contributed by atoms with E-state index in [4.69, 9.17) is 5.26 Å². The van der Waals surface area contributed by atoms with E-state index in [-0.39, 0.29) is 11.1 Å². The molecular weight excluding hydrogens is 421 g/mol. The Morgan fingerprint density at radius 3 is 2.31 bits per heavy atom. The molecule has 1 aliphatic rings. The van der Waals surface area contributed by atoms with E-state index in [0.717, 1.165) is 18.0 Å². The zero-order valence-electron chi connectivity index (χ0n) is 17.6. The van der Waals surface area contributed by atoms with Crippen molar-refractivity contribution >= 4 is 11.7 Å². The first-order valence-corrected chi connectivity index (χ1v) is 9.79. The second-order valence-corrected chi connectivity index (χ2v) is 7.66. The maximum Gasteiger partial charge on any atom is 0.412 e. The number of nitrogens with one attached hydrogen (secondary N) is 1. The number of nitriles is 1. The molecule has 1 N–H and O–H groups in total. The van der Waals surface area contributed by atoms with Crippen molar-refractivity contribution < 1.29 is 22.8 Å². The molecule has 3 unspecified atom stereocenters. The van der Waals surface area contributed by atoms with Gasteiger partial charge in [0.25, 0.3) is 5.91 Å². The van der Waals surface area contributed by atoms with Gasteiger partial charge in [-0.15, -0.1) is 0 Å². The molecule has 32 heavy (non-hydrogen) atoms. The number of pyridine rings is 1. The average molecular weight is 442 g/mol. The number of likely N-dealkylation sites (N-methyl/N-ethyl adjacent to an activating group) is 1. The molecule has 3 atom stereocenters. The fourth-order valence-electron chi connectivity index (χ4n) is 4.05. The van der Waals surface area contributed by atoms with E-state index in [1.165, 1.54) is 43.7 Å². The summed E-state index contributed by atoms with van der Waals surface area (Å²) in [6.45, 7) is 2.52. The number of alkyl halides is 3. The molecule has 2 heterocycles. The highest BCUT2D eigenvalue weighted by molar-refractivity contribution is 6.22. The zero-order valence-corrected chi connectivity index (χ0v) is 17.6. The Kier molecular flexibility index (Phi) is 6.08. The van der Waals surface area contributed by atoms with Gasteiger partial charge in [-0.2, -0.15) is 18.4 Å². The lowest BCUT2D eigenvalue weighted by Crippen LogP contribution is -2.63. The van der Waals surface area contributed by atoms with Crippen LogP contribution in [-0.4, -0.2) is 40.3 Å². The van der Waals surface area contributed by atoms with Crippen molar-refractivity contribution in [3.05, 3.63) is 77.3 Å². The number of amides is 1. The first kappa shape index (κ1) is 23.0. The molecule has 0 aliphatic carbocycles. The molecule has 3 rings (SSSR count). The number of carbonyl (C=O) groups is 2. The van der Waals surface area contributed by atoms with Crippen molar-refractivity contribution in [2.75, 3.05) is 7.05 Å². The Morgan fingerprint density at radius 2 is 1.81 bits per heavy atom. The van der Waals surface area contributed by atoms with E-state index >= 15 is 0 Å². The van der Waals surface area contributed by atoms with Gasteiger partial charge in [-0.05, 0) is 49.2 Å². The first-order valence-electron chi connectivity index (χ1n) is 9.79. The number of hydrogen-bond acceptors (Lipinski definition) is 5. The highest BCUT2D eigenvalue weighted by Crippen LogP contribution is 2.52. The van der Waals surface area contributed by atoms with Crippen molar-refractivity contribution in [1.29, 1.82) is 5.26 Å². The molecule has 0 radical (unpaired) electrons. The van der Waals surface area contributed by atoms with E-state index in [1.54, 1.807) is 19.1 Å². The number of Topliss-reactive ketones (excluding diaryl/α,β-unsaturated/α-hetero) is 1. The lowest BCUT2D eigenvalue weighted by molar-refractivity contribution is -0.233. The van der Waals surface area contributed by atoms with E-state index in [1.807, 2.05) is 6.07 Å². The summed E-state index contributed by atoms with van der Waals surface area (Å²) < 4.78 is 44.1. The molecule has 2 aromatic rings. The molecule has 6 nitrogen and oxygen atoms in total. The molecule has 9 heteroatoms. The monoisotopic (exact) mass is 442 g/mol. The third-order valence-electron chi connectivity index (χ3n) is 5.92. The smallest absolute Gasteiger partial charge is 0.355 e. The topological polar surface area (TPSA) is 86.1 Å². The molecule has 0 spiro atoms. The Balaban J connectivity index is 2.27. The number of halogens is 3. The summed E-state index contributed by atoms with van der Waals surface area (Å²) in [5, 5.41) is 11.3. The number of aromatic nitrogens is 1. The second-order valence-electron chi connectivity index (χ2n) is 7.66. The minimum Gasteiger partial charge on any atom is -0.355 e. The van der Waals surface area contributed by atoms with Gasteiger partial charge in [0.05, 0.1) is 29.2 Å². The van der Waals surface area contributed by atoms with Gasteiger partial charge in [-0.25, -0.2) is 0 Å². The summed E-state index contributed by atoms with van der Waals surface area (Å²) in [6, 6.07) is 9.94. The summed E-state index contributed by atoms with van der Waals surface area (Å²) in [5.74, 6) is -3.38. The summed E-state index contributed by atoms with van der Waals surface area (Å²) in [4.78, 5) is 30.6. The number of ketones is 1. The van der Waals surface area contributed by atoms with Gasteiger partial charge in [0.2, 0.25) is 0 Å². The molecule has 0 bridgehead atoms. The third kappa shape index (κ3) is 3.73. The van der Waals surface area contributed by atoms with E-state index in [9.17, 15) is 22.8 Å². The molecule has 1 aliphatic heterocycles. The van der Waals surface area contributed by atoms with E-state index in [2.05, 4.69) is 10.3 Å². The number of hydrogen-bond donors (Lipinski definition) is 1. The number of nitrogens with zero attached hydrogens (tertiary/aromatic N) is 3. The molecule has 0 fully saturated rings. The Hall–Kier alpha value is -3.67. The van der Waals surface area contributed by atoms with Crippen molar-refractivity contribution in [3.63, 3.8) is 0 Å². The lowest BCUT2D eigenvalue weighted by Gasteiger charge is -2.51. The van der Waals surface area contributed by atoms with Crippen LogP contribution in [0, 0.1) is 11.3 Å². The number of benzene rings is 1. The highest BCUT2D eigenvalue weighted by Gasteiger charge is 2.64. The molecule has 1 aromatic carbocycles. The zero-order chi connectivity index (χ0) is 23.7. The van der Waals surface area contributed by atoms with E-state index in [0.29, 0.717) is 11.1 Å². The van der Waals surface area contributed by atoms with Crippen LogP contribution in [0.4, 0.5) is 13.2 Å². The summed E-state index contributed by atoms with van der Waals surface area (Å²) >= 11 is 0. The van der Waals surface area contributed by atoms with Gasteiger partial charge in [-0.3, -0.25) is 14.6 Å². The van der Waals surface area contributed by atoms with Gasteiger partial charge in [-0.1, -0.05) is 12.1 Å². The summed E-state index contributed by atoms with van der Waals surface area (Å²) in [6.07, 6.45) is -1.21. The quantitative estimate of drug-likeness (QED) is 0.731. The van der Waals surface area contributed by atoms with Crippen molar-refractivity contribution in [2.24, 2.45) is 0 Å². The first-order chi connectivity index (χ1) is 15.1. The summed E-state index contributed by atoms with van der Waals surface area (Å²) in [7, 11) is 1.31. The largest absolute Gasteiger partial charge is 0.412 e. The van der Waals surface area contributed by atoms with Gasteiger partial charge in [0.1, 0.15) is 5.54 Å². The maximum atomic E-state index is 14.7. The van der Waals surface area contributed by atoms with E-state index < -0.39 is 35.4 Å². The lowest BCUT2D eigenvalue weighted by atomic mass is 9.71. The minimum absolute atomic E-state index is 0.108. The highest BCUT2D eigenvalue weighted by atomic mass is 19.4. The molecule has 166 valence electrons. The van der Waals surface area contributed by atoms with Crippen LogP contribution >= 0.6 is 0 Å². The Bertz CT molecular complexity index is 1090. The third-order valence-corrected chi connectivity index (χ3v) is 5.92. The van der Waals surface area contributed by atoms with Crippen molar-refractivity contribution in [2.45, 2.75) is 37.5 Å². The SMILES string of the molecule is CNC(=O)C1=CN(C(C)c2ccc(C#N)cc2)C(C)(C(F)(F)F)C(c2ccncc2)C1=O. The number of carbonyl (C=O) groups excluding carboxylic acids is 2. The van der Waals surface area contributed by atoms with Crippen LogP contribution in [0.15, 0.2) is 60.6 Å². The number of rotatable bonds is 4. The fourth-order valence-corrected chi connectivity index (χ4v) is 4.05. The Labute approximate surface area is 183 Å². The van der Waals surface area contributed by atoms with Crippen LogP contribution in [0.5, 0.6) is 0 Å². The van der Waals surface area contributed by atoms with Crippen LogP contribution in [-0.2, 0) is 9.59 Å². The molecule has 1 amide bonds. The van der Waals surface area contributed by atoms with Crippen LogP contribution in [0.2, 0.25) is 0 Å². The standard InChI is InChI=1S/C23H21F3N4O2/c1-14(16-6-4-15(12-27)5-7-16)30-13-18(21(32)28-3)20(31)19(17-8-10-29-11-9-17)22(30,2)23(24,25)26/h4-11,13-14,19H,1-3H3,(H,28,32).